The molecular formula is C22H23N. The summed E-state index contributed by atoms with van der Waals surface area (Å²) in [5.41, 5.74) is 6.51. The Bertz CT molecular complexity index is 850. The molecule has 1 aliphatic rings. The normalized spacial score (nSPS) is 11.7. The first-order valence-electron chi connectivity index (χ1n) is 8.25. The molecule has 116 valence electrons. The van der Waals surface area contributed by atoms with Crippen LogP contribution in [0.3, 0.4) is 0 Å². The van der Waals surface area contributed by atoms with Gasteiger partial charge in [-0.25, -0.2) is 0 Å². The minimum absolute atomic E-state index is 1.23. The lowest BCUT2D eigenvalue weighted by molar-refractivity contribution is 1.13. The van der Waals surface area contributed by atoms with E-state index < -0.39 is 0 Å². The van der Waals surface area contributed by atoms with E-state index in [9.17, 15) is 0 Å². The first kappa shape index (κ1) is 15.4. The second kappa shape index (κ2) is 6.29. The molecule has 0 radical (unpaired) electrons. The van der Waals surface area contributed by atoms with Crippen LogP contribution in [0, 0.1) is 0 Å². The molecule has 4 rings (SSSR count). The highest BCUT2D eigenvalue weighted by atomic mass is 15.1. The van der Waals surface area contributed by atoms with Gasteiger partial charge in [0.15, 0.2) is 0 Å². The summed E-state index contributed by atoms with van der Waals surface area (Å²) >= 11 is 0. The summed E-state index contributed by atoms with van der Waals surface area (Å²) in [6, 6.07) is 21.9. The first-order valence-corrected chi connectivity index (χ1v) is 8.25. The van der Waals surface area contributed by atoms with E-state index in [4.69, 9.17) is 0 Å². The molecule has 0 saturated heterocycles. The Morgan fingerprint density at radius 1 is 0.739 bits per heavy atom. The third-order valence-corrected chi connectivity index (χ3v) is 4.22. The maximum absolute atomic E-state index is 2.31. The number of hydrogen-bond acceptors (Lipinski definition) is 1. The minimum atomic E-state index is 1.23. The van der Waals surface area contributed by atoms with Gasteiger partial charge in [-0.1, -0.05) is 62.4 Å². The largest absolute Gasteiger partial charge is 0.378 e. The molecule has 1 nitrogen and oxygen atoms in total. The molecule has 0 aromatic heterocycles. The molecule has 0 N–H and O–H groups in total. The van der Waals surface area contributed by atoms with Crippen LogP contribution in [0.15, 0.2) is 60.7 Å². The number of hydrogen-bond donors (Lipinski definition) is 0. The molecule has 0 atom stereocenters. The molecule has 3 aromatic rings. The third kappa shape index (κ3) is 2.63. The zero-order chi connectivity index (χ0) is 16.4. The van der Waals surface area contributed by atoms with Crippen LogP contribution in [0.4, 0.5) is 5.69 Å². The molecule has 0 fully saturated rings. The van der Waals surface area contributed by atoms with E-state index in [-0.39, 0.29) is 0 Å². The summed E-state index contributed by atoms with van der Waals surface area (Å²) in [4.78, 5) is 2.13. The van der Waals surface area contributed by atoms with E-state index in [0.717, 1.165) is 0 Å². The SMILES string of the molecule is CC.CN(C)c1ccc(C2=Cc3cccc4cccc2c34)cc1. The van der Waals surface area contributed by atoms with E-state index >= 15 is 0 Å². The summed E-state index contributed by atoms with van der Waals surface area (Å²) in [6.45, 7) is 4.00. The summed E-state index contributed by atoms with van der Waals surface area (Å²) in [5.74, 6) is 0. The van der Waals surface area contributed by atoms with Gasteiger partial charge < -0.3 is 4.90 Å². The van der Waals surface area contributed by atoms with Crippen molar-refractivity contribution in [1.29, 1.82) is 0 Å². The Morgan fingerprint density at radius 2 is 1.39 bits per heavy atom. The lowest BCUT2D eigenvalue weighted by atomic mass is 9.98. The van der Waals surface area contributed by atoms with E-state index in [2.05, 4.69) is 85.7 Å². The van der Waals surface area contributed by atoms with Crippen molar-refractivity contribution < 1.29 is 0 Å². The van der Waals surface area contributed by atoms with Gasteiger partial charge in [-0.05, 0) is 51.2 Å². The fourth-order valence-electron chi connectivity index (χ4n) is 3.13. The molecule has 0 amide bonds. The van der Waals surface area contributed by atoms with Gasteiger partial charge in [-0.3, -0.25) is 0 Å². The molecule has 0 saturated carbocycles. The number of nitrogens with zero attached hydrogens (tertiary/aromatic N) is 1. The molecular weight excluding hydrogens is 278 g/mol. The molecule has 0 spiro atoms. The lowest BCUT2D eigenvalue weighted by Crippen LogP contribution is -2.08. The van der Waals surface area contributed by atoms with Crippen molar-refractivity contribution >= 4 is 28.1 Å². The van der Waals surface area contributed by atoms with Crippen LogP contribution in [-0.4, -0.2) is 14.1 Å². The smallest absolute Gasteiger partial charge is 0.0361 e. The highest BCUT2D eigenvalue weighted by molar-refractivity contribution is 6.12. The van der Waals surface area contributed by atoms with Crippen molar-refractivity contribution in [3.8, 4) is 0 Å². The molecule has 0 bridgehead atoms. The molecule has 1 heteroatoms. The van der Waals surface area contributed by atoms with Gasteiger partial charge in [0, 0.05) is 19.8 Å². The van der Waals surface area contributed by atoms with Crippen molar-refractivity contribution in [2.24, 2.45) is 0 Å². The van der Waals surface area contributed by atoms with Crippen LogP contribution in [0.5, 0.6) is 0 Å². The Kier molecular flexibility index (Phi) is 4.20. The van der Waals surface area contributed by atoms with E-state index in [1.165, 1.54) is 38.7 Å². The highest BCUT2D eigenvalue weighted by Crippen LogP contribution is 2.39. The maximum Gasteiger partial charge on any atom is 0.0361 e. The van der Waals surface area contributed by atoms with E-state index in [1.807, 2.05) is 13.8 Å². The van der Waals surface area contributed by atoms with E-state index in [0.29, 0.717) is 0 Å². The molecule has 0 unspecified atom stereocenters. The van der Waals surface area contributed by atoms with Gasteiger partial charge >= 0.3 is 0 Å². The second-order valence-electron chi connectivity index (χ2n) is 5.75. The zero-order valence-electron chi connectivity index (χ0n) is 14.3. The fraction of sp³-hybridized carbons (Fsp3) is 0.182. The molecule has 0 heterocycles. The predicted molar refractivity (Wildman–Crippen MR) is 103 cm³/mol. The Labute approximate surface area is 138 Å². The Balaban J connectivity index is 0.000000753. The van der Waals surface area contributed by atoms with Gasteiger partial charge in [0.1, 0.15) is 0 Å². The van der Waals surface area contributed by atoms with Crippen LogP contribution in [0.25, 0.3) is 22.4 Å². The Hall–Kier alpha value is -2.54. The molecule has 0 aliphatic heterocycles. The van der Waals surface area contributed by atoms with Crippen molar-refractivity contribution in [3.05, 3.63) is 77.4 Å². The monoisotopic (exact) mass is 301 g/mol. The van der Waals surface area contributed by atoms with Gasteiger partial charge in [0.25, 0.3) is 0 Å². The number of rotatable bonds is 2. The van der Waals surface area contributed by atoms with Crippen LogP contribution < -0.4 is 4.90 Å². The number of anilines is 1. The van der Waals surface area contributed by atoms with Gasteiger partial charge in [-0.2, -0.15) is 0 Å². The van der Waals surface area contributed by atoms with Gasteiger partial charge in [0.05, 0.1) is 0 Å². The third-order valence-electron chi connectivity index (χ3n) is 4.22. The maximum atomic E-state index is 2.31. The molecule has 1 aliphatic carbocycles. The fourth-order valence-corrected chi connectivity index (χ4v) is 3.13. The average Bonchev–Trinajstić information content (AvgIpc) is 2.98. The molecule has 3 aromatic carbocycles. The van der Waals surface area contributed by atoms with Gasteiger partial charge in [-0.15, -0.1) is 0 Å². The summed E-state index contributed by atoms with van der Waals surface area (Å²) < 4.78 is 0. The van der Waals surface area contributed by atoms with Crippen molar-refractivity contribution in [2.75, 3.05) is 19.0 Å². The van der Waals surface area contributed by atoms with Crippen molar-refractivity contribution in [3.63, 3.8) is 0 Å². The van der Waals surface area contributed by atoms with Crippen LogP contribution in [0.2, 0.25) is 0 Å². The quantitative estimate of drug-likeness (QED) is 0.450. The first-order chi connectivity index (χ1) is 11.2. The minimum Gasteiger partial charge on any atom is -0.378 e. The number of benzene rings is 3. The summed E-state index contributed by atoms with van der Waals surface area (Å²) in [7, 11) is 4.14. The highest BCUT2D eigenvalue weighted by Gasteiger charge is 2.17. The van der Waals surface area contributed by atoms with E-state index in [1.54, 1.807) is 0 Å². The average molecular weight is 301 g/mol. The Morgan fingerprint density at radius 3 is 2.04 bits per heavy atom. The van der Waals surface area contributed by atoms with Crippen LogP contribution in [-0.2, 0) is 0 Å². The summed E-state index contributed by atoms with van der Waals surface area (Å²) in [6.07, 6.45) is 2.31. The van der Waals surface area contributed by atoms with Crippen molar-refractivity contribution in [1.82, 2.24) is 0 Å². The standard InChI is InChI=1S/C20H17N.C2H6/c1-21(2)17-11-9-14(10-12-17)19-13-16-7-3-5-15-6-4-8-18(19)20(15)16;1-2/h3-13H,1-2H3;1-2H3. The van der Waals surface area contributed by atoms with Crippen molar-refractivity contribution in [2.45, 2.75) is 13.8 Å². The molecule has 23 heavy (non-hydrogen) atoms. The van der Waals surface area contributed by atoms with Gasteiger partial charge in [0.2, 0.25) is 0 Å². The lowest BCUT2D eigenvalue weighted by Gasteiger charge is -2.13. The topological polar surface area (TPSA) is 3.24 Å². The second-order valence-corrected chi connectivity index (χ2v) is 5.75. The van der Waals surface area contributed by atoms with Crippen LogP contribution in [0.1, 0.15) is 30.5 Å². The summed E-state index contributed by atoms with van der Waals surface area (Å²) in [5, 5.41) is 2.70. The predicted octanol–water partition coefficient (Wildman–Crippen LogP) is 5.83. The zero-order valence-corrected chi connectivity index (χ0v) is 14.3. The van der Waals surface area contributed by atoms with Crippen LogP contribution >= 0.6 is 0 Å².